The summed E-state index contributed by atoms with van der Waals surface area (Å²) in [6, 6.07) is 8.22. The first kappa shape index (κ1) is 16.3. The van der Waals surface area contributed by atoms with E-state index in [0.29, 0.717) is 13.2 Å². The van der Waals surface area contributed by atoms with Gasteiger partial charge >= 0.3 is 0 Å². The first-order chi connectivity index (χ1) is 11.1. The van der Waals surface area contributed by atoms with E-state index < -0.39 is 5.54 Å². The molecule has 1 aliphatic heterocycles. The Bertz CT molecular complexity index is 546. The number of amides is 1. The van der Waals surface area contributed by atoms with Crippen LogP contribution in [0.3, 0.4) is 0 Å². The lowest BCUT2D eigenvalue weighted by atomic mass is 9.74. The third-order valence-electron chi connectivity index (χ3n) is 5.06. The predicted octanol–water partition coefficient (Wildman–Crippen LogP) is 1.74. The van der Waals surface area contributed by atoms with Crippen LogP contribution in [-0.4, -0.2) is 37.8 Å². The minimum absolute atomic E-state index is 0.0192. The Hall–Kier alpha value is -1.59. The Kier molecular flexibility index (Phi) is 4.60. The molecule has 5 nitrogen and oxygen atoms in total. The average Bonchev–Trinajstić information content (AvgIpc) is 3.33. The summed E-state index contributed by atoms with van der Waals surface area (Å²) in [6.45, 7) is 4.69. The van der Waals surface area contributed by atoms with Gasteiger partial charge in [0.1, 0.15) is 5.75 Å². The smallest absolute Gasteiger partial charge is 0.240 e. The van der Waals surface area contributed by atoms with Gasteiger partial charge < -0.3 is 20.5 Å². The molecule has 23 heavy (non-hydrogen) atoms. The summed E-state index contributed by atoms with van der Waals surface area (Å²) >= 11 is 0. The maximum Gasteiger partial charge on any atom is 0.240 e. The molecule has 2 fully saturated rings. The fraction of sp³-hybridized carbons (Fsp3) is 0.611. The van der Waals surface area contributed by atoms with Gasteiger partial charge in [0.05, 0.1) is 12.1 Å². The zero-order valence-corrected chi connectivity index (χ0v) is 13.8. The van der Waals surface area contributed by atoms with Gasteiger partial charge in [-0.1, -0.05) is 12.1 Å². The molecule has 126 valence electrons. The van der Waals surface area contributed by atoms with Gasteiger partial charge in [-0.3, -0.25) is 4.79 Å². The second-order valence-electron chi connectivity index (χ2n) is 6.69. The van der Waals surface area contributed by atoms with E-state index in [1.54, 1.807) is 0 Å². The van der Waals surface area contributed by atoms with Crippen LogP contribution in [0.4, 0.5) is 0 Å². The van der Waals surface area contributed by atoms with E-state index in [1.165, 1.54) is 5.56 Å². The largest absolute Gasteiger partial charge is 0.494 e. The molecule has 0 spiro atoms. The molecule has 1 aromatic rings. The molecule has 0 atom stereocenters. The number of carbonyl (C=O) groups is 1. The number of nitrogens with two attached hydrogens (primary N) is 1. The molecule has 2 aliphatic rings. The Morgan fingerprint density at radius 1 is 1.22 bits per heavy atom. The second-order valence-corrected chi connectivity index (χ2v) is 6.69. The van der Waals surface area contributed by atoms with Crippen molar-refractivity contribution in [1.82, 2.24) is 5.32 Å². The molecule has 0 aromatic heterocycles. The zero-order chi connectivity index (χ0) is 16.3. The van der Waals surface area contributed by atoms with Crippen LogP contribution < -0.4 is 15.8 Å². The summed E-state index contributed by atoms with van der Waals surface area (Å²) in [5, 5.41) is 3.08. The first-order valence-corrected chi connectivity index (χ1v) is 8.46. The standard InChI is InChI=1S/C18H26N2O3/c1-2-23-15-5-3-14(4-6-15)17(9-11-22-12-10-17)13-20-16(21)18(19)7-8-18/h3-6H,2,7-13,19H2,1H3,(H,20,21). The van der Waals surface area contributed by atoms with Crippen molar-refractivity contribution in [2.24, 2.45) is 5.73 Å². The van der Waals surface area contributed by atoms with Crippen molar-refractivity contribution in [3.8, 4) is 5.75 Å². The monoisotopic (exact) mass is 318 g/mol. The van der Waals surface area contributed by atoms with Crippen LogP contribution >= 0.6 is 0 Å². The van der Waals surface area contributed by atoms with Crippen molar-refractivity contribution in [2.45, 2.75) is 43.6 Å². The predicted molar refractivity (Wildman–Crippen MR) is 88.5 cm³/mol. The van der Waals surface area contributed by atoms with Crippen molar-refractivity contribution in [2.75, 3.05) is 26.4 Å². The summed E-state index contributed by atoms with van der Waals surface area (Å²) in [7, 11) is 0. The summed E-state index contributed by atoms with van der Waals surface area (Å²) in [5.74, 6) is 0.857. The molecular formula is C18H26N2O3. The highest BCUT2D eigenvalue weighted by Crippen LogP contribution is 2.36. The van der Waals surface area contributed by atoms with Crippen molar-refractivity contribution in [1.29, 1.82) is 0 Å². The number of benzene rings is 1. The Labute approximate surface area is 137 Å². The van der Waals surface area contributed by atoms with Gasteiger partial charge in [-0.15, -0.1) is 0 Å². The van der Waals surface area contributed by atoms with E-state index in [9.17, 15) is 4.79 Å². The Morgan fingerprint density at radius 2 is 1.87 bits per heavy atom. The van der Waals surface area contributed by atoms with E-state index in [0.717, 1.165) is 44.6 Å². The summed E-state index contributed by atoms with van der Waals surface area (Å²) < 4.78 is 11.1. The third kappa shape index (κ3) is 3.51. The molecule has 1 aliphatic carbocycles. The molecular weight excluding hydrogens is 292 g/mol. The molecule has 1 saturated carbocycles. The van der Waals surface area contributed by atoms with Crippen molar-refractivity contribution in [3.05, 3.63) is 29.8 Å². The number of hydrogen-bond donors (Lipinski definition) is 2. The molecule has 3 rings (SSSR count). The average molecular weight is 318 g/mol. The molecule has 0 bridgehead atoms. The van der Waals surface area contributed by atoms with Gasteiger partial charge in [0.15, 0.2) is 0 Å². The molecule has 3 N–H and O–H groups in total. The zero-order valence-electron chi connectivity index (χ0n) is 13.8. The normalized spacial score (nSPS) is 21.5. The number of nitrogens with one attached hydrogen (secondary N) is 1. The number of hydrogen-bond acceptors (Lipinski definition) is 4. The molecule has 1 heterocycles. The molecule has 1 saturated heterocycles. The molecule has 1 aromatic carbocycles. The van der Waals surface area contributed by atoms with Gasteiger partial charge in [0, 0.05) is 25.2 Å². The molecule has 5 heteroatoms. The number of rotatable bonds is 6. The van der Waals surface area contributed by atoms with E-state index in [1.807, 2.05) is 19.1 Å². The Morgan fingerprint density at radius 3 is 2.43 bits per heavy atom. The van der Waals surface area contributed by atoms with Crippen LogP contribution in [0.1, 0.15) is 38.2 Å². The summed E-state index contributed by atoms with van der Waals surface area (Å²) in [5.41, 5.74) is 6.52. The SMILES string of the molecule is CCOc1ccc(C2(CNC(=O)C3(N)CC3)CCOCC2)cc1. The second kappa shape index (κ2) is 6.49. The van der Waals surface area contributed by atoms with Crippen molar-refractivity contribution >= 4 is 5.91 Å². The number of carbonyl (C=O) groups excluding carboxylic acids is 1. The van der Waals surface area contributed by atoms with E-state index in [2.05, 4.69) is 17.4 Å². The lowest BCUT2D eigenvalue weighted by molar-refractivity contribution is -0.123. The van der Waals surface area contributed by atoms with Crippen LogP contribution in [0.25, 0.3) is 0 Å². The Balaban J connectivity index is 1.74. The van der Waals surface area contributed by atoms with Crippen molar-refractivity contribution in [3.63, 3.8) is 0 Å². The minimum Gasteiger partial charge on any atom is -0.494 e. The fourth-order valence-corrected chi connectivity index (χ4v) is 3.19. The third-order valence-corrected chi connectivity index (χ3v) is 5.06. The summed E-state index contributed by atoms with van der Waals surface area (Å²) in [4.78, 5) is 12.2. The highest BCUT2D eigenvalue weighted by Gasteiger charge is 2.46. The maximum absolute atomic E-state index is 12.2. The van der Waals surface area contributed by atoms with Crippen LogP contribution in [-0.2, 0) is 14.9 Å². The van der Waals surface area contributed by atoms with E-state index >= 15 is 0 Å². The van der Waals surface area contributed by atoms with Crippen LogP contribution in [0, 0.1) is 0 Å². The van der Waals surface area contributed by atoms with Crippen LogP contribution in [0.5, 0.6) is 5.75 Å². The molecule has 0 radical (unpaired) electrons. The summed E-state index contributed by atoms with van der Waals surface area (Å²) in [6.07, 6.45) is 3.38. The fourth-order valence-electron chi connectivity index (χ4n) is 3.19. The highest BCUT2D eigenvalue weighted by atomic mass is 16.5. The van der Waals surface area contributed by atoms with E-state index in [4.69, 9.17) is 15.2 Å². The minimum atomic E-state index is -0.620. The van der Waals surface area contributed by atoms with Gasteiger partial charge in [0.2, 0.25) is 5.91 Å². The number of ether oxygens (including phenoxy) is 2. The van der Waals surface area contributed by atoms with Crippen LogP contribution in [0.15, 0.2) is 24.3 Å². The van der Waals surface area contributed by atoms with E-state index in [-0.39, 0.29) is 11.3 Å². The lowest BCUT2D eigenvalue weighted by Crippen LogP contribution is -2.50. The quantitative estimate of drug-likeness (QED) is 0.838. The van der Waals surface area contributed by atoms with Crippen molar-refractivity contribution < 1.29 is 14.3 Å². The lowest BCUT2D eigenvalue weighted by Gasteiger charge is -2.38. The van der Waals surface area contributed by atoms with Gasteiger partial charge in [-0.05, 0) is 50.3 Å². The first-order valence-electron chi connectivity index (χ1n) is 8.46. The van der Waals surface area contributed by atoms with Gasteiger partial charge in [0.25, 0.3) is 0 Å². The highest BCUT2D eigenvalue weighted by molar-refractivity contribution is 5.89. The van der Waals surface area contributed by atoms with Gasteiger partial charge in [-0.2, -0.15) is 0 Å². The molecule has 0 unspecified atom stereocenters. The topological polar surface area (TPSA) is 73.6 Å². The van der Waals surface area contributed by atoms with Crippen LogP contribution in [0.2, 0.25) is 0 Å². The maximum atomic E-state index is 12.2. The molecule has 1 amide bonds. The van der Waals surface area contributed by atoms with Gasteiger partial charge in [-0.25, -0.2) is 0 Å².